The van der Waals surface area contributed by atoms with Gasteiger partial charge in [0.2, 0.25) is 0 Å². The van der Waals surface area contributed by atoms with Gasteiger partial charge in [0, 0.05) is 24.0 Å². The van der Waals surface area contributed by atoms with Gasteiger partial charge in [-0.05, 0) is 25.5 Å². The molecule has 0 aliphatic rings. The molecule has 0 bridgehead atoms. The molecule has 6 N–H and O–H groups in total. The summed E-state index contributed by atoms with van der Waals surface area (Å²) in [6.07, 6.45) is -6.92. The summed E-state index contributed by atoms with van der Waals surface area (Å²) in [5, 5.41) is 66.5. The molecule has 0 fully saturated rings. The van der Waals surface area contributed by atoms with E-state index in [1.807, 2.05) is 0 Å². The number of benzene rings is 2. The van der Waals surface area contributed by atoms with Crippen molar-refractivity contribution >= 4 is 0 Å². The molecule has 1 unspecified atom stereocenters. The van der Waals surface area contributed by atoms with Gasteiger partial charge in [0.1, 0.15) is 29.5 Å². The lowest BCUT2D eigenvalue weighted by molar-refractivity contribution is -0.228. The lowest BCUT2D eigenvalue weighted by Crippen LogP contribution is -2.66. The van der Waals surface area contributed by atoms with Crippen LogP contribution in [0.1, 0.15) is 24.5 Å². The summed E-state index contributed by atoms with van der Waals surface area (Å²) < 4.78 is 21.6. The predicted octanol–water partition coefficient (Wildman–Crippen LogP) is 1.01. The number of ether oxygens (including phenoxy) is 4. The van der Waals surface area contributed by atoms with Crippen LogP contribution in [0.25, 0.3) is 0 Å². The largest absolute Gasteiger partial charge is 0.493 e. The highest BCUT2D eigenvalue weighted by Gasteiger charge is 2.54. The SMILES string of the molecule is C=C(C)CC(O)(Cc1cccc(OC)c1OC)[C@@H](O)[C@@](O)(Cc1cccc(OC)c1OC)[C@H](O)[C@@H](O)CO. The Hall–Kier alpha value is -2.86. The molecule has 5 atom stereocenters. The van der Waals surface area contributed by atoms with Crippen LogP contribution in [0.15, 0.2) is 48.6 Å². The van der Waals surface area contributed by atoms with Gasteiger partial charge in [-0.15, -0.1) is 6.58 Å². The van der Waals surface area contributed by atoms with Crippen molar-refractivity contribution in [1.29, 1.82) is 0 Å². The minimum Gasteiger partial charge on any atom is -0.493 e. The summed E-state index contributed by atoms with van der Waals surface area (Å²) in [7, 11) is 5.72. The van der Waals surface area contributed by atoms with Crippen molar-refractivity contribution in [2.24, 2.45) is 0 Å². The third-order valence-corrected chi connectivity index (χ3v) is 6.59. The van der Waals surface area contributed by atoms with E-state index >= 15 is 0 Å². The van der Waals surface area contributed by atoms with E-state index in [9.17, 15) is 30.6 Å². The number of methoxy groups -OCH3 is 4. The van der Waals surface area contributed by atoms with Crippen LogP contribution in [-0.2, 0) is 12.8 Å². The van der Waals surface area contributed by atoms with E-state index in [0.29, 0.717) is 33.9 Å². The normalized spacial score (nSPS) is 16.9. The summed E-state index contributed by atoms with van der Waals surface area (Å²) in [4.78, 5) is 0. The molecule has 10 heteroatoms. The van der Waals surface area contributed by atoms with Gasteiger partial charge >= 0.3 is 0 Å². The molecule has 2 aromatic rings. The van der Waals surface area contributed by atoms with Crippen LogP contribution in [0.5, 0.6) is 23.0 Å². The molecule has 0 spiro atoms. The maximum Gasteiger partial charge on any atom is 0.164 e. The van der Waals surface area contributed by atoms with Crippen LogP contribution in [0.3, 0.4) is 0 Å². The van der Waals surface area contributed by atoms with Crippen LogP contribution < -0.4 is 18.9 Å². The lowest BCUT2D eigenvalue weighted by atomic mass is 9.71. The molecule has 0 saturated carbocycles. The predicted molar refractivity (Wildman–Crippen MR) is 141 cm³/mol. The van der Waals surface area contributed by atoms with E-state index in [4.69, 9.17) is 18.9 Å². The first-order valence-corrected chi connectivity index (χ1v) is 12.1. The zero-order valence-electron chi connectivity index (χ0n) is 22.5. The summed E-state index contributed by atoms with van der Waals surface area (Å²) in [5.74, 6) is 1.27. The summed E-state index contributed by atoms with van der Waals surface area (Å²) >= 11 is 0. The second-order valence-corrected chi connectivity index (χ2v) is 9.48. The molecule has 0 saturated heterocycles. The lowest BCUT2D eigenvalue weighted by Gasteiger charge is -2.46. The number of para-hydroxylation sites is 2. The third kappa shape index (κ3) is 6.58. The van der Waals surface area contributed by atoms with Crippen molar-refractivity contribution in [1.82, 2.24) is 0 Å². The molecule has 0 aliphatic carbocycles. The first-order chi connectivity index (χ1) is 17.9. The van der Waals surface area contributed by atoms with Gasteiger partial charge in [-0.25, -0.2) is 0 Å². The fourth-order valence-corrected chi connectivity index (χ4v) is 4.86. The number of aliphatic hydroxyl groups excluding tert-OH is 4. The van der Waals surface area contributed by atoms with Gasteiger partial charge in [-0.1, -0.05) is 29.8 Å². The quantitative estimate of drug-likeness (QED) is 0.181. The molecular formula is C28H40O10. The first-order valence-electron chi connectivity index (χ1n) is 12.1. The van der Waals surface area contributed by atoms with Gasteiger partial charge in [0.25, 0.3) is 0 Å². The first kappa shape index (κ1) is 31.4. The second kappa shape index (κ2) is 13.3. The Kier molecular flexibility index (Phi) is 11.0. The highest BCUT2D eigenvalue weighted by molar-refractivity contribution is 5.49. The molecular weight excluding hydrogens is 496 g/mol. The van der Waals surface area contributed by atoms with Crippen LogP contribution in [0, 0.1) is 0 Å². The van der Waals surface area contributed by atoms with Crippen molar-refractivity contribution in [3.63, 3.8) is 0 Å². The fraction of sp³-hybridized carbons (Fsp3) is 0.500. The number of aliphatic hydroxyl groups is 6. The van der Waals surface area contributed by atoms with E-state index in [1.165, 1.54) is 28.4 Å². The maximum absolute atomic E-state index is 12.0. The molecule has 0 heterocycles. The third-order valence-electron chi connectivity index (χ3n) is 6.59. The smallest absolute Gasteiger partial charge is 0.164 e. The van der Waals surface area contributed by atoms with E-state index in [2.05, 4.69) is 6.58 Å². The van der Waals surface area contributed by atoms with Crippen molar-refractivity contribution in [2.45, 2.75) is 55.7 Å². The number of hydrogen-bond donors (Lipinski definition) is 6. The van der Waals surface area contributed by atoms with E-state index in [-0.39, 0.29) is 18.6 Å². The zero-order valence-corrected chi connectivity index (χ0v) is 22.5. The van der Waals surface area contributed by atoms with Gasteiger partial charge in [0.05, 0.1) is 35.0 Å². The van der Waals surface area contributed by atoms with Gasteiger partial charge < -0.3 is 49.6 Å². The Bertz CT molecular complexity index is 1070. The van der Waals surface area contributed by atoms with Crippen molar-refractivity contribution in [2.75, 3.05) is 35.0 Å². The van der Waals surface area contributed by atoms with E-state index < -0.39 is 42.5 Å². The number of rotatable bonds is 15. The molecule has 38 heavy (non-hydrogen) atoms. The average Bonchev–Trinajstić information content (AvgIpc) is 2.90. The molecule has 0 radical (unpaired) electrons. The number of hydrogen-bond acceptors (Lipinski definition) is 10. The fourth-order valence-electron chi connectivity index (χ4n) is 4.86. The topological polar surface area (TPSA) is 158 Å². The van der Waals surface area contributed by atoms with E-state index in [1.54, 1.807) is 43.3 Å². The Balaban J connectivity index is 2.70. The second-order valence-electron chi connectivity index (χ2n) is 9.48. The Morgan fingerprint density at radius 3 is 1.68 bits per heavy atom. The van der Waals surface area contributed by atoms with Crippen LogP contribution in [0.4, 0.5) is 0 Å². The Morgan fingerprint density at radius 1 is 0.816 bits per heavy atom. The zero-order chi connectivity index (χ0) is 28.7. The van der Waals surface area contributed by atoms with Crippen molar-refractivity contribution < 1.29 is 49.6 Å². The Morgan fingerprint density at radius 2 is 1.29 bits per heavy atom. The maximum atomic E-state index is 12.0. The van der Waals surface area contributed by atoms with Gasteiger partial charge in [0.15, 0.2) is 23.0 Å². The average molecular weight is 537 g/mol. The van der Waals surface area contributed by atoms with Crippen molar-refractivity contribution in [3.05, 3.63) is 59.7 Å². The Labute approximate surface area is 223 Å². The summed E-state index contributed by atoms with van der Waals surface area (Å²) in [5.41, 5.74) is -3.46. The standard InChI is InChI=1S/C28H40O10/c1-17(2)13-27(33,14-18-9-7-11-21(35-3)23(18)37-5)26(32)28(34,25(31)20(30)16-29)15-19-10-8-12-22(36-4)24(19)38-6/h7-12,20,25-26,29-34H,1,13-16H2,2-6H3/t20-,25+,26+,27?,28+/m0/s1. The monoisotopic (exact) mass is 536 g/mol. The van der Waals surface area contributed by atoms with Crippen molar-refractivity contribution in [3.8, 4) is 23.0 Å². The minimum absolute atomic E-state index is 0.186. The van der Waals surface area contributed by atoms with Crippen LogP contribution in [-0.4, -0.2) is 95.2 Å². The molecule has 2 rings (SSSR count). The molecule has 0 amide bonds. The highest BCUT2D eigenvalue weighted by atomic mass is 16.5. The van der Waals surface area contributed by atoms with Crippen LogP contribution >= 0.6 is 0 Å². The van der Waals surface area contributed by atoms with Gasteiger partial charge in [-0.3, -0.25) is 0 Å². The van der Waals surface area contributed by atoms with Crippen LogP contribution in [0.2, 0.25) is 0 Å². The molecule has 10 nitrogen and oxygen atoms in total. The highest BCUT2D eigenvalue weighted by Crippen LogP contribution is 2.41. The van der Waals surface area contributed by atoms with E-state index in [0.717, 1.165) is 0 Å². The minimum atomic E-state index is -2.59. The molecule has 0 aliphatic heterocycles. The molecule has 0 aromatic heterocycles. The summed E-state index contributed by atoms with van der Waals surface area (Å²) in [6, 6.07) is 9.86. The molecule has 2 aromatic carbocycles. The summed E-state index contributed by atoms with van der Waals surface area (Å²) in [6.45, 7) is 4.59. The van der Waals surface area contributed by atoms with Gasteiger partial charge in [-0.2, -0.15) is 0 Å². The molecule has 212 valence electrons.